The number of non-ortho nitro benzene ring substituents is 1. The average molecular weight is 430 g/mol. The molecule has 30 heavy (non-hydrogen) atoms. The zero-order chi connectivity index (χ0) is 21.7. The van der Waals surface area contributed by atoms with E-state index in [1.54, 1.807) is 19.1 Å². The van der Waals surface area contributed by atoms with E-state index < -0.39 is 4.92 Å². The molecule has 10 heteroatoms. The van der Waals surface area contributed by atoms with Gasteiger partial charge < -0.3 is 10.2 Å². The van der Waals surface area contributed by atoms with E-state index in [1.807, 2.05) is 17.1 Å². The molecule has 0 radical (unpaired) electrons. The van der Waals surface area contributed by atoms with Gasteiger partial charge in [0.05, 0.1) is 10.6 Å². The number of benzene rings is 1. The number of amides is 2. The van der Waals surface area contributed by atoms with Gasteiger partial charge in [-0.15, -0.1) is 0 Å². The van der Waals surface area contributed by atoms with Crippen molar-refractivity contribution in [3.63, 3.8) is 0 Å². The van der Waals surface area contributed by atoms with Gasteiger partial charge in [0.2, 0.25) is 11.8 Å². The molecule has 0 atom stereocenters. The predicted molar refractivity (Wildman–Crippen MR) is 116 cm³/mol. The maximum absolute atomic E-state index is 11.5. The summed E-state index contributed by atoms with van der Waals surface area (Å²) in [4.78, 5) is 42.9. The van der Waals surface area contributed by atoms with Crippen LogP contribution in [0.1, 0.15) is 30.0 Å². The largest absolute Gasteiger partial charge is 0.340 e. The number of piperazine rings is 1. The van der Waals surface area contributed by atoms with Gasteiger partial charge >= 0.3 is 0 Å². The SMILES string of the molecule is CC(=O)Nc1nc(C=Cc2ccc([N+](=O)[O-])cc2)c(CN2CCN(C(C)=O)CC2)s1. The van der Waals surface area contributed by atoms with Gasteiger partial charge in [0.1, 0.15) is 0 Å². The Balaban J connectivity index is 1.75. The second kappa shape index (κ2) is 9.59. The number of hydrogen-bond acceptors (Lipinski definition) is 7. The minimum atomic E-state index is -0.433. The number of nitro benzene ring substituents is 1. The number of carbonyl (C=O) groups is 2. The molecule has 1 aromatic carbocycles. The summed E-state index contributed by atoms with van der Waals surface area (Å²) in [6, 6.07) is 6.27. The number of anilines is 1. The first-order chi connectivity index (χ1) is 14.3. The van der Waals surface area contributed by atoms with Gasteiger partial charge in [-0.2, -0.15) is 0 Å². The molecule has 1 aliphatic rings. The lowest BCUT2D eigenvalue weighted by molar-refractivity contribution is -0.384. The number of thiazole rings is 1. The maximum atomic E-state index is 11.5. The fourth-order valence-electron chi connectivity index (χ4n) is 3.12. The van der Waals surface area contributed by atoms with Crippen LogP contribution in [0, 0.1) is 10.1 Å². The Morgan fingerprint density at radius 2 is 1.83 bits per heavy atom. The fourth-order valence-corrected chi connectivity index (χ4v) is 4.15. The van der Waals surface area contributed by atoms with Crippen LogP contribution in [0.15, 0.2) is 24.3 Å². The molecular formula is C20H23N5O4S. The molecule has 3 rings (SSSR count). The van der Waals surface area contributed by atoms with Crippen LogP contribution in [0.25, 0.3) is 12.2 Å². The highest BCUT2D eigenvalue weighted by Crippen LogP contribution is 2.27. The summed E-state index contributed by atoms with van der Waals surface area (Å²) in [6.45, 7) is 6.63. The van der Waals surface area contributed by atoms with E-state index in [0.717, 1.165) is 29.2 Å². The van der Waals surface area contributed by atoms with Crippen molar-refractivity contribution in [1.82, 2.24) is 14.8 Å². The van der Waals surface area contributed by atoms with Crippen LogP contribution in [0.3, 0.4) is 0 Å². The van der Waals surface area contributed by atoms with Crippen molar-refractivity contribution in [2.45, 2.75) is 20.4 Å². The van der Waals surface area contributed by atoms with Crippen LogP contribution >= 0.6 is 11.3 Å². The van der Waals surface area contributed by atoms with Gasteiger partial charge in [-0.3, -0.25) is 24.6 Å². The van der Waals surface area contributed by atoms with Crippen LogP contribution in [0.4, 0.5) is 10.8 Å². The van der Waals surface area contributed by atoms with Crippen molar-refractivity contribution in [2.75, 3.05) is 31.5 Å². The molecule has 9 nitrogen and oxygen atoms in total. The molecule has 0 spiro atoms. The second-order valence-electron chi connectivity index (χ2n) is 6.97. The van der Waals surface area contributed by atoms with E-state index in [1.165, 1.54) is 30.4 Å². The van der Waals surface area contributed by atoms with Gasteiger partial charge in [-0.1, -0.05) is 17.4 Å². The average Bonchev–Trinajstić information content (AvgIpc) is 3.07. The lowest BCUT2D eigenvalue weighted by Gasteiger charge is -2.33. The summed E-state index contributed by atoms with van der Waals surface area (Å²) < 4.78 is 0. The summed E-state index contributed by atoms with van der Waals surface area (Å²) in [7, 11) is 0. The molecule has 1 saturated heterocycles. The van der Waals surface area contributed by atoms with Crippen LogP contribution < -0.4 is 5.32 Å². The number of nitrogens with zero attached hydrogens (tertiary/aromatic N) is 4. The first-order valence-corrected chi connectivity index (χ1v) is 10.3. The van der Waals surface area contributed by atoms with Crippen LogP contribution in [0.5, 0.6) is 0 Å². The first-order valence-electron chi connectivity index (χ1n) is 9.49. The van der Waals surface area contributed by atoms with E-state index in [9.17, 15) is 19.7 Å². The highest BCUT2D eigenvalue weighted by Gasteiger charge is 2.21. The lowest BCUT2D eigenvalue weighted by Crippen LogP contribution is -2.47. The Morgan fingerprint density at radius 3 is 2.40 bits per heavy atom. The quantitative estimate of drug-likeness (QED) is 0.559. The molecule has 1 N–H and O–H groups in total. The zero-order valence-corrected chi connectivity index (χ0v) is 17.6. The van der Waals surface area contributed by atoms with Gasteiger partial charge in [-0.05, 0) is 23.8 Å². The molecule has 0 unspecified atom stereocenters. The molecule has 158 valence electrons. The third kappa shape index (κ3) is 5.71. The number of nitrogens with one attached hydrogen (secondary N) is 1. The Labute approximate surface area is 178 Å². The Kier molecular flexibility index (Phi) is 6.91. The smallest absolute Gasteiger partial charge is 0.269 e. The highest BCUT2D eigenvalue weighted by molar-refractivity contribution is 7.16. The van der Waals surface area contributed by atoms with Crippen molar-refractivity contribution in [3.8, 4) is 0 Å². The zero-order valence-electron chi connectivity index (χ0n) is 16.8. The second-order valence-corrected chi connectivity index (χ2v) is 8.06. The molecule has 2 heterocycles. The van der Waals surface area contributed by atoms with Gasteiger partial charge in [0.15, 0.2) is 5.13 Å². The van der Waals surface area contributed by atoms with Crippen LogP contribution in [-0.4, -0.2) is 57.7 Å². The molecule has 1 aromatic heterocycles. The van der Waals surface area contributed by atoms with E-state index in [4.69, 9.17) is 0 Å². The normalized spacial score (nSPS) is 14.8. The van der Waals surface area contributed by atoms with E-state index in [0.29, 0.717) is 24.8 Å². The molecule has 1 aliphatic heterocycles. The van der Waals surface area contributed by atoms with Crippen LogP contribution in [-0.2, 0) is 16.1 Å². The van der Waals surface area contributed by atoms with E-state index >= 15 is 0 Å². The van der Waals surface area contributed by atoms with E-state index in [2.05, 4.69) is 15.2 Å². The monoisotopic (exact) mass is 429 g/mol. The van der Waals surface area contributed by atoms with Gasteiger partial charge in [0.25, 0.3) is 5.69 Å². The fraction of sp³-hybridized carbons (Fsp3) is 0.350. The standard InChI is InChI=1S/C20H23N5O4S/c1-14(26)21-20-22-18(8-5-16-3-6-17(7-4-16)25(28)29)19(30-20)13-23-9-11-24(12-10-23)15(2)27/h3-8H,9-13H2,1-2H3,(H,21,22,26). The third-order valence-corrected chi connectivity index (χ3v) is 5.70. The molecule has 1 fully saturated rings. The number of carbonyl (C=O) groups excluding carboxylic acids is 2. The minimum Gasteiger partial charge on any atom is -0.340 e. The van der Waals surface area contributed by atoms with E-state index in [-0.39, 0.29) is 17.5 Å². The number of rotatable bonds is 6. The molecule has 0 saturated carbocycles. The molecular weight excluding hydrogens is 406 g/mol. The Morgan fingerprint density at radius 1 is 1.17 bits per heavy atom. The Bertz CT molecular complexity index is 962. The van der Waals surface area contributed by atoms with Crippen LogP contribution in [0.2, 0.25) is 0 Å². The number of nitro groups is 1. The highest BCUT2D eigenvalue weighted by atomic mass is 32.1. The molecule has 2 amide bonds. The predicted octanol–water partition coefficient (Wildman–Crippen LogP) is 2.84. The minimum absolute atomic E-state index is 0.0409. The Hall–Kier alpha value is -3.11. The van der Waals surface area contributed by atoms with Crippen molar-refractivity contribution in [3.05, 3.63) is 50.5 Å². The lowest BCUT2D eigenvalue weighted by atomic mass is 10.2. The molecule has 0 bridgehead atoms. The summed E-state index contributed by atoms with van der Waals surface area (Å²) in [5, 5.41) is 14.1. The van der Waals surface area contributed by atoms with Gasteiger partial charge in [0, 0.05) is 63.6 Å². The molecule has 0 aliphatic carbocycles. The van der Waals surface area contributed by atoms with Crippen molar-refractivity contribution < 1.29 is 14.5 Å². The van der Waals surface area contributed by atoms with Crippen molar-refractivity contribution >= 4 is 46.1 Å². The summed E-state index contributed by atoms with van der Waals surface area (Å²) in [6.07, 6.45) is 3.69. The summed E-state index contributed by atoms with van der Waals surface area (Å²) >= 11 is 1.42. The van der Waals surface area contributed by atoms with Crippen molar-refractivity contribution in [1.29, 1.82) is 0 Å². The number of hydrogen-bond donors (Lipinski definition) is 1. The molecule has 2 aromatic rings. The number of aromatic nitrogens is 1. The summed E-state index contributed by atoms with van der Waals surface area (Å²) in [5.41, 5.74) is 1.60. The van der Waals surface area contributed by atoms with Gasteiger partial charge in [-0.25, -0.2) is 4.98 Å². The van der Waals surface area contributed by atoms with Crippen molar-refractivity contribution in [2.24, 2.45) is 0 Å². The summed E-state index contributed by atoms with van der Waals surface area (Å²) in [5.74, 6) is -0.0941. The topological polar surface area (TPSA) is 109 Å². The third-order valence-electron chi connectivity index (χ3n) is 4.73. The maximum Gasteiger partial charge on any atom is 0.269 e. The first kappa shape index (κ1) is 21.6.